The van der Waals surface area contributed by atoms with Crippen molar-refractivity contribution in [2.45, 2.75) is 38.3 Å². The van der Waals surface area contributed by atoms with E-state index in [-0.39, 0.29) is 0 Å². The van der Waals surface area contributed by atoms with Crippen molar-refractivity contribution >= 4 is 0 Å². The van der Waals surface area contributed by atoms with Crippen LogP contribution in [0.4, 0.5) is 0 Å². The lowest BCUT2D eigenvalue weighted by Gasteiger charge is -2.35. The van der Waals surface area contributed by atoms with Crippen LogP contribution in [0.25, 0.3) is 5.69 Å². The second-order valence-corrected chi connectivity index (χ2v) is 5.75. The number of piperidine rings is 1. The fraction of sp³-hybridized carbons (Fsp3) is 0.471. The van der Waals surface area contributed by atoms with Crippen molar-refractivity contribution in [1.82, 2.24) is 14.7 Å². The molecule has 1 unspecified atom stereocenters. The SMILES string of the molecule is OCCC1CCCCN1Cc1ccc(-n2cccn2)cc1. The second-order valence-electron chi connectivity index (χ2n) is 5.75. The van der Waals surface area contributed by atoms with Gasteiger partial charge < -0.3 is 5.11 Å². The molecule has 2 aromatic rings. The van der Waals surface area contributed by atoms with Crippen LogP contribution in [-0.4, -0.2) is 39.0 Å². The fourth-order valence-corrected chi connectivity index (χ4v) is 3.15. The molecule has 3 rings (SSSR count). The van der Waals surface area contributed by atoms with Gasteiger partial charge in [-0.25, -0.2) is 4.68 Å². The largest absolute Gasteiger partial charge is 0.396 e. The van der Waals surface area contributed by atoms with E-state index in [0.717, 1.165) is 25.2 Å². The monoisotopic (exact) mass is 285 g/mol. The van der Waals surface area contributed by atoms with Crippen LogP contribution in [0.15, 0.2) is 42.7 Å². The standard InChI is InChI=1S/C17H23N3O/c21-13-9-16-4-1-2-11-19(16)14-15-5-7-17(8-6-15)20-12-3-10-18-20/h3,5-8,10,12,16,21H,1-2,4,9,11,13-14H2. The van der Waals surface area contributed by atoms with E-state index in [9.17, 15) is 5.11 Å². The molecule has 4 nitrogen and oxygen atoms in total. The Hall–Kier alpha value is -1.65. The fourth-order valence-electron chi connectivity index (χ4n) is 3.15. The van der Waals surface area contributed by atoms with Crippen molar-refractivity contribution in [3.8, 4) is 5.69 Å². The minimum Gasteiger partial charge on any atom is -0.396 e. The lowest BCUT2D eigenvalue weighted by Crippen LogP contribution is -2.39. The highest BCUT2D eigenvalue weighted by Gasteiger charge is 2.21. The van der Waals surface area contributed by atoms with Gasteiger partial charge in [0, 0.05) is 31.6 Å². The number of hydrogen-bond donors (Lipinski definition) is 1. The molecule has 0 bridgehead atoms. The number of aliphatic hydroxyl groups excluding tert-OH is 1. The maximum Gasteiger partial charge on any atom is 0.0645 e. The molecule has 0 spiro atoms. The predicted octanol–water partition coefficient (Wildman–Crippen LogP) is 2.61. The van der Waals surface area contributed by atoms with Gasteiger partial charge in [-0.15, -0.1) is 0 Å². The molecule has 1 saturated heterocycles. The minimum absolute atomic E-state index is 0.291. The molecule has 21 heavy (non-hydrogen) atoms. The first-order valence-corrected chi connectivity index (χ1v) is 7.80. The van der Waals surface area contributed by atoms with E-state index in [0.29, 0.717) is 12.6 Å². The number of hydrogen-bond acceptors (Lipinski definition) is 3. The Balaban J connectivity index is 1.66. The summed E-state index contributed by atoms with van der Waals surface area (Å²) < 4.78 is 1.87. The van der Waals surface area contributed by atoms with Crippen LogP contribution in [0.1, 0.15) is 31.2 Å². The first-order valence-electron chi connectivity index (χ1n) is 7.80. The molecule has 1 aromatic carbocycles. The zero-order valence-corrected chi connectivity index (χ0v) is 12.4. The highest BCUT2D eigenvalue weighted by molar-refractivity contribution is 5.33. The first-order chi connectivity index (χ1) is 10.4. The van der Waals surface area contributed by atoms with Gasteiger partial charge in [-0.3, -0.25) is 4.90 Å². The number of aliphatic hydroxyl groups is 1. The molecule has 1 aliphatic heterocycles. The van der Waals surface area contributed by atoms with E-state index in [1.807, 2.05) is 16.9 Å². The van der Waals surface area contributed by atoms with Gasteiger partial charge in [0.15, 0.2) is 0 Å². The summed E-state index contributed by atoms with van der Waals surface area (Å²) >= 11 is 0. The number of benzene rings is 1. The molecule has 0 saturated carbocycles. The van der Waals surface area contributed by atoms with Crippen LogP contribution in [0, 0.1) is 0 Å². The maximum atomic E-state index is 9.21. The summed E-state index contributed by atoms with van der Waals surface area (Å²) in [6.07, 6.45) is 8.42. The van der Waals surface area contributed by atoms with Gasteiger partial charge >= 0.3 is 0 Å². The average Bonchev–Trinajstić information content (AvgIpc) is 3.05. The van der Waals surface area contributed by atoms with Gasteiger partial charge in [0.05, 0.1) is 5.69 Å². The zero-order chi connectivity index (χ0) is 14.5. The number of rotatable bonds is 5. The zero-order valence-electron chi connectivity index (χ0n) is 12.4. The third-order valence-corrected chi connectivity index (χ3v) is 4.30. The van der Waals surface area contributed by atoms with E-state index in [4.69, 9.17) is 0 Å². The summed E-state index contributed by atoms with van der Waals surface area (Å²) in [5.41, 5.74) is 2.42. The van der Waals surface area contributed by atoms with Gasteiger partial charge in [0.25, 0.3) is 0 Å². The van der Waals surface area contributed by atoms with E-state index in [2.05, 4.69) is 34.3 Å². The summed E-state index contributed by atoms with van der Waals surface area (Å²) in [7, 11) is 0. The Morgan fingerprint density at radius 2 is 2.05 bits per heavy atom. The minimum atomic E-state index is 0.291. The van der Waals surface area contributed by atoms with Gasteiger partial charge in [0.1, 0.15) is 0 Å². The molecule has 4 heteroatoms. The smallest absolute Gasteiger partial charge is 0.0645 e. The Morgan fingerprint density at radius 1 is 1.19 bits per heavy atom. The molecule has 112 valence electrons. The van der Waals surface area contributed by atoms with Gasteiger partial charge in [-0.2, -0.15) is 5.10 Å². The van der Waals surface area contributed by atoms with Crippen molar-refractivity contribution < 1.29 is 5.11 Å². The molecule has 1 N–H and O–H groups in total. The van der Waals surface area contributed by atoms with Gasteiger partial charge in [0.2, 0.25) is 0 Å². The quantitative estimate of drug-likeness (QED) is 0.918. The van der Waals surface area contributed by atoms with Gasteiger partial charge in [-0.05, 0) is 49.6 Å². The summed E-state index contributed by atoms with van der Waals surface area (Å²) in [6.45, 7) is 2.41. The van der Waals surface area contributed by atoms with E-state index >= 15 is 0 Å². The first kappa shape index (κ1) is 14.3. The normalized spacial score (nSPS) is 19.8. The van der Waals surface area contributed by atoms with Crippen molar-refractivity contribution in [3.63, 3.8) is 0 Å². The van der Waals surface area contributed by atoms with Crippen LogP contribution < -0.4 is 0 Å². The van der Waals surface area contributed by atoms with Crippen LogP contribution in [0.2, 0.25) is 0 Å². The molecular formula is C17H23N3O. The summed E-state index contributed by atoms with van der Waals surface area (Å²) in [4.78, 5) is 2.52. The highest BCUT2D eigenvalue weighted by atomic mass is 16.3. The van der Waals surface area contributed by atoms with E-state index in [1.165, 1.54) is 24.8 Å². The predicted molar refractivity (Wildman–Crippen MR) is 83.3 cm³/mol. The third kappa shape index (κ3) is 3.52. The lowest BCUT2D eigenvalue weighted by molar-refractivity contribution is 0.112. The number of likely N-dealkylation sites (tertiary alicyclic amines) is 1. The Bertz CT molecular complexity index is 534. The molecule has 0 radical (unpaired) electrons. The van der Waals surface area contributed by atoms with Gasteiger partial charge in [-0.1, -0.05) is 18.6 Å². The summed E-state index contributed by atoms with van der Waals surface area (Å²) in [6, 6.07) is 11.1. The van der Waals surface area contributed by atoms with Crippen molar-refractivity contribution in [2.75, 3.05) is 13.2 Å². The maximum absolute atomic E-state index is 9.21. The topological polar surface area (TPSA) is 41.3 Å². The average molecular weight is 285 g/mol. The van der Waals surface area contributed by atoms with Crippen molar-refractivity contribution in [1.29, 1.82) is 0 Å². The van der Waals surface area contributed by atoms with Crippen LogP contribution >= 0.6 is 0 Å². The Labute approximate surface area is 126 Å². The molecular weight excluding hydrogens is 262 g/mol. The Kier molecular flexibility index (Phi) is 4.68. The molecule has 0 amide bonds. The third-order valence-electron chi connectivity index (χ3n) is 4.30. The molecule has 0 aliphatic carbocycles. The molecule has 2 heterocycles. The summed E-state index contributed by atoms with van der Waals surface area (Å²) in [5, 5.41) is 13.5. The summed E-state index contributed by atoms with van der Waals surface area (Å²) in [5.74, 6) is 0. The molecule has 1 atom stereocenters. The molecule has 1 aromatic heterocycles. The van der Waals surface area contributed by atoms with Crippen LogP contribution in [-0.2, 0) is 6.54 Å². The lowest BCUT2D eigenvalue weighted by atomic mass is 9.99. The van der Waals surface area contributed by atoms with E-state index in [1.54, 1.807) is 6.20 Å². The molecule has 1 aliphatic rings. The van der Waals surface area contributed by atoms with E-state index < -0.39 is 0 Å². The van der Waals surface area contributed by atoms with Crippen molar-refractivity contribution in [3.05, 3.63) is 48.3 Å². The highest BCUT2D eigenvalue weighted by Crippen LogP contribution is 2.22. The van der Waals surface area contributed by atoms with Crippen LogP contribution in [0.5, 0.6) is 0 Å². The number of aromatic nitrogens is 2. The Morgan fingerprint density at radius 3 is 2.76 bits per heavy atom. The number of nitrogens with zero attached hydrogens (tertiary/aromatic N) is 3. The second kappa shape index (κ2) is 6.87. The van der Waals surface area contributed by atoms with Crippen molar-refractivity contribution in [2.24, 2.45) is 0 Å². The molecule has 1 fully saturated rings. The van der Waals surface area contributed by atoms with Crippen LogP contribution in [0.3, 0.4) is 0 Å².